The van der Waals surface area contributed by atoms with Gasteiger partial charge in [-0.3, -0.25) is 4.79 Å². The molecule has 1 aromatic heterocycles. The molecule has 0 aliphatic carbocycles. The number of likely N-dealkylation sites (N-methyl/N-ethyl adjacent to an activating group) is 1. The van der Waals surface area contributed by atoms with Crippen molar-refractivity contribution < 1.29 is 4.79 Å². The van der Waals surface area contributed by atoms with Crippen molar-refractivity contribution >= 4 is 34.0 Å². The van der Waals surface area contributed by atoms with E-state index in [1.807, 2.05) is 6.92 Å². The summed E-state index contributed by atoms with van der Waals surface area (Å²) in [5, 5.41) is 6.06. The lowest BCUT2D eigenvalue weighted by Gasteiger charge is -2.00. The summed E-state index contributed by atoms with van der Waals surface area (Å²) in [7, 11) is 0. The molecule has 0 fully saturated rings. The zero-order chi connectivity index (χ0) is 9.68. The van der Waals surface area contributed by atoms with Gasteiger partial charge in [-0.1, -0.05) is 29.9 Å². The standard InChI is InChI=1S/C7H10ClN3OS/c1-2-9-4-6(12)11-7-10-3-5(8)13-7/h3,9H,2,4H2,1H3,(H,10,11,12). The Balaban J connectivity index is 2.36. The topological polar surface area (TPSA) is 54.0 Å². The van der Waals surface area contributed by atoms with Crippen molar-refractivity contribution in [3.8, 4) is 0 Å². The van der Waals surface area contributed by atoms with E-state index in [0.717, 1.165) is 6.54 Å². The van der Waals surface area contributed by atoms with Crippen LogP contribution in [0, 0.1) is 0 Å². The highest BCUT2D eigenvalue weighted by molar-refractivity contribution is 7.19. The van der Waals surface area contributed by atoms with Gasteiger partial charge in [0.2, 0.25) is 5.91 Å². The monoisotopic (exact) mass is 219 g/mol. The van der Waals surface area contributed by atoms with E-state index in [1.54, 1.807) is 0 Å². The lowest BCUT2D eigenvalue weighted by molar-refractivity contribution is -0.115. The normalized spacial score (nSPS) is 10.0. The summed E-state index contributed by atoms with van der Waals surface area (Å²) in [6.45, 7) is 3.01. The van der Waals surface area contributed by atoms with Gasteiger partial charge in [0.15, 0.2) is 5.13 Å². The predicted octanol–water partition coefficient (Wildman–Crippen LogP) is 1.34. The molecule has 1 rings (SSSR count). The molecule has 6 heteroatoms. The van der Waals surface area contributed by atoms with E-state index >= 15 is 0 Å². The van der Waals surface area contributed by atoms with Crippen LogP contribution >= 0.6 is 22.9 Å². The molecule has 0 unspecified atom stereocenters. The van der Waals surface area contributed by atoms with Gasteiger partial charge >= 0.3 is 0 Å². The van der Waals surface area contributed by atoms with Crippen LogP contribution in [0.4, 0.5) is 5.13 Å². The number of halogens is 1. The first-order valence-corrected chi connectivity index (χ1v) is 5.03. The first kappa shape index (κ1) is 10.4. The Morgan fingerprint density at radius 3 is 3.08 bits per heavy atom. The second-order valence-electron chi connectivity index (χ2n) is 2.30. The van der Waals surface area contributed by atoms with Crippen molar-refractivity contribution in [1.29, 1.82) is 0 Å². The SMILES string of the molecule is CCNCC(=O)Nc1ncc(Cl)s1. The molecule has 1 heterocycles. The second-order valence-corrected chi connectivity index (χ2v) is 3.96. The van der Waals surface area contributed by atoms with E-state index in [4.69, 9.17) is 11.6 Å². The maximum absolute atomic E-state index is 11.1. The molecule has 0 aliphatic heterocycles. The smallest absolute Gasteiger partial charge is 0.240 e. The summed E-state index contributed by atoms with van der Waals surface area (Å²) < 4.78 is 0.568. The molecule has 13 heavy (non-hydrogen) atoms. The number of nitrogens with one attached hydrogen (secondary N) is 2. The molecule has 0 spiro atoms. The molecule has 0 bridgehead atoms. The van der Waals surface area contributed by atoms with Crippen LogP contribution in [0.3, 0.4) is 0 Å². The van der Waals surface area contributed by atoms with Crippen LogP contribution in [0.2, 0.25) is 4.34 Å². The zero-order valence-electron chi connectivity index (χ0n) is 7.13. The summed E-state index contributed by atoms with van der Waals surface area (Å²) in [6.07, 6.45) is 1.51. The van der Waals surface area contributed by atoms with Crippen molar-refractivity contribution in [2.24, 2.45) is 0 Å². The summed E-state index contributed by atoms with van der Waals surface area (Å²) in [5.74, 6) is -0.104. The highest BCUT2D eigenvalue weighted by Crippen LogP contribution is 2.22. The Hall–Kier alpha value is -0.650. The van der Waals surface area contributed by atoms with E-state index in [9.17, 15) is 4.79 Å². The third-order valence-corrected chi connectivity index (χ3v) is 2.29. The summed E-state index contributed by atoms with van der Waals surface area (Å²) in [5.41, 5.74) is 0. The Morgan fingerprint density at radius 1 is 1.77 bits per heavy atom. The van der Waals surface area contributed by atoms with E-state index in [1.165, 1.54) is 17.5 Å². The largest absolute Gasteiger partial charge is 0.309 e. The third kappa shape index (κ3) is 3.71. The molecular weight excluding hydrogens is 210 g/mol. The number of anilines is 1. The summed E-state index contributed by atoms with van der Waals surface area (Å²) >= 11 is 6.88. The molecule has 1 aromatic rings. The van der Waals surface area contributed by atoms with E-state index < -0.39 is 0 Å². The molecule has 0 saturated heterocycles. The number of hydrogen-bond acceptors (Lipinski definition) is 4. The van der Waals surface area contributed by atoms with Gasteiger partial charge in [-0.25, -0.2) is 4.98 Å². The lowest BCUT2D eigenvalue weighted by Crippen LogP contribution is -2.27. The van der Waals surface area contributed by atoms with Gasteiger partial charge < -0.3 is 10.6 Å². The van der Waals surface area contributed by atoms with Gasteiger partial charge in [-0.2, -0.15) is 0 Å². The first-order valence-electron chi connectivity index (χ1n) is 3.84. The maximum Gasteiger partial charge on any atom is 0.240 e. The average molecular weight is 220 g/mol. The van der Waals surface area contributed by atoms with Gasteiger partial charge in [0.05, 0.1) is 12.7 Å². The minimum absolute atomic E-state index is 0.104. The van der Waals surface area contributed by atoms with Crippen molar-refractivity contribution in [2.45, 2.75) is 6.92 Å². The summed E-state index contributed by atoms with van der Waals surface area (Å²) in [6, 6.07) is 0. The minimum atomic E-state index is -0.104. The Bertz CT molecular complexity index is 289. The van der Waals surface area contributed by atoms with E-state index in [-0.39, 0.29) is 5.91 Å². The van der Waals surface area contributed by atoms with E-state index in [2.05, 4.69) is 15.6 Å². The number of nitrogens with zero attached hydrogens (tertiary/aromatic N) is 1. The van der Waals surface area contributed by atoms with Gasteiger partial charge in [0.1, 0.15) is 4.34 Å². The second kappa shape index (κ2) is 5.16. The van der Waals surface area contributed by atoms with Gasteiger partial charge in [-0.15, -0.1) is 0 Å². The molecule has 0 atom stereocenters. The number of carbonyl (C=O) groups excluding carboxylic acids is 1. The van der Waals surface area contributed by atoms with Crippen LogP contribution in [-0.4, -0.2) is 24.0 Å². The van der Waals surface area contributed by atoms with Crippen LogP contribution in [0.5, 0.6) is 0 Å². The van der Waals surface area contributed by atoms with Crippen LogP contribution in [0.1, 0.15) is 6.92 Å². The molecule has 0 aromatic carbocycles. The molecule has 2 N–H and O–H groups in total. The molecule has 1 amide bonds. The van der Waals surface area contributed by atoms with Crippen molar-refractivity contribution in [3.05, 3.63) is 10.5 Å². The van der Waals surface area contributed by atoms with Crippen molar-refractivity contribution in [1.82, 2.24) is 10.3 Å². The summed E-state index contributed by atoms with van der Waals surface area (Å²) in [4.78, 5) is 15.0. The van der Waals surface area contributed by atoms with Crippen LogP contribution in [0.15, 0.2) is 6.20 Å². The Labute approximate surface area is 85.3 Å². The average Bonchev–Trinajstić information content (AvgIpc) is 2.48. The first-order chi connectivity index (χ1) is 6.22. The van der Waals surface area contributed by atoms with E-state index in [0.29, 0.717) is 16.0 Å². The predicted molar refractivity (Wildman–Crippen MR) is 54.3 cm³/mol. The molecular formula is C7H10ClN3OS. The van der Waals surface area contributed by atoms with Crippen LogP contribution in [0.25, 0.3) is 0 Å². The van der Waals surface area contributed by atoms with Crippen molar-refractivity contribution in [2.75, 3.05) is 18.4 Å². The van der Waals surface area contributed by atoms with Crippen LogP contribution in [-0.2, 0) is 4.79 Å². The molecule has 72 valence electrons. The lowest BCUT2D eigenvalue weighted by atomic mass is 10.5. The molecule has 0 aliphatic rings. The minimum Gasteiger partial charge on any atom is -0.309 e. The molecule has 0 radical (unpaired) electrons. The highest BCUT2D eigenvalue weighted by Gasteiger charge is 2.04. The number of carbonyl (C=O) groups is 1. The zero-order valence-corrected chi connectivity index (χ0v) is 8.71. The van der Waals surface area contributed by atoms with Crippen LogP contribution < -0.4 is 10.6 Å². The number of aromatic nitrogens is 1. The maximum atomic E-state index is 11.1. The molecule has 0 saturated carbocycles. The number of thiazole rings is 1. The Kier molecular flexibility index (Phi) is 4.14. The fourth-order valence-electron chi connectivity index (χ4n) is 0.714. The highest BCUT2D eigenvalue weighted by atomic mass is 35.5. The third-order valence-electron chi connectivity index (χ3n) is 1.26. The van der Waals surface area contributed by atoms with Gasteiger partial charge in [-0.05, 0) is 6.54 Å². The fraction of sp³-hybridized carbons (Fsp3) is 0.429. The number of hydrogen-bond donors (Lipinski definition) is 2. The van der Waals surface area contributed by atoms with Crippen molar-refractivity contribution in [3.63, 3.8) is 0 Å². The number of amides is 1. The molecule has 4 nitrogen and oxygen atoms in total. The number of rotatable bonds is 4. The van der Waals surface area contributed by atoms with Gasteiger partial charge in [0, 0.05) is 0 Å². The van der Waals surface area contributed by atoms with Gasteiger partial charge in [0.25, 0.3) is 0 Å². The Morgan fingerprint density at radius 2 is 2.54 bits per heavy atom. The fourth-order valence-corrected chi connectivity index (χ4v) is 1.54. The quantitative estimate of drug-likeness (QED) is 0.804.